The predicted octanol–water partition coefficient (Wildman–Crippen LogP) is 2.76. The summed E-state index contributed by atoms with van der Waals surface area (Å²) in [5.41, 5.74) is 7.63. The molecule has 0 aliphatic rings. The highest BCUT2D eigenvalue weighted by molar-refractivity contribution is 5.55. The first-order chi connectivity index (χ1) is 9.20. The molecule has 0 aliphatic heterocycles. The van der Waals surface area contributed by atoms with Crippen molar-refractivity contribution < 1.29 is 4.39 Å². The number of anilines is 2. The van der Waals surface area contributed by atoms with Crippen LogP contribution in [0.4, 0.5) is 16.0 Å². The molecule has 0 spiro atoms. The van der Waals surface area contributed by atoms with Crippen molar-refractivity contribution in [2.45, 2.75) is 26.3 Å². The van der Waals surface area contributed by atoms with Crippen molar-refractivity contribution in [3.8, 4) is 0 Å². The number of aromatic nitrogens is 2. The molecule has 0 fully saturated rings. The van der Waals surface area contributed by atoms with Crippen LogP contribution in [0.15, 0.2) is 30.6 Å². The lowest BCUT2D eigenvalue weighted by atomic mass is 10.1. The van der Waals surface area contributed by atoms with E-state index in [2.05, 4.69) is 22.2 Å². The Labute approximate surface area is 111 Å². The molecule has 2 rings (SSSR count). The fourth-order valence-electron chi connectivity index (χ4n) is 1.91. The SMILES string of the molecule is CCCc1c(N)ncnc1NCc1cccc(F)c1. The van der Waals surface area contributed by atoms with Gasteiger partial charge < -0.3 is 11.1 Å². The maximum Gasteiger partial charge on any atom is 0.134 e. The Hall–Kier alpha value is -2.17. The highest BCUT2D eigenvalue weighted by Crippen LogP contribution is 2.19. The molecule has 0 aliphatic carbocycles. The van der Waals surface area contributed by atoms with Crippen LogP contribution >= 0.6 is 0 Å². The summed E-state index contributed by atoms with van der Waals surface area (Å²) in [5.74, 6) is 0.979. The minimum absolute atomic E-state index is 0.240. The molecule has 1 heterocycles. The third-order valence-corrected chi connectivity index (χ3v) is 2.83. The van der Waals surface area contributed by atoms with Crippen molar-refractivity contribution >= 4 is 11.6 Å². The molecule has 3 N–H and O–H groups in total. The van der Waals surface area contributed by atoms with Gasteiger partial charge in [0.25, 0.3) is 0 Å². The molecule has 0 atom stereocenters. The van der Waals surface area contributed by atoms with E-state index in [0.717, 1.165) is 29.8 Å². The van der Waals surface area contributed by atoms with E-state index < -0.39 is 0 Å². The van der Waals surface area contributed by atoms with Crippen molar-refractivity contribution in [3.63, 3.8) is 0 Å². The summed E-state index contributed by atoms with van der Waals surface area (Å²) in [7, 11) is 0. The molecular weight excluding hydrogens is 243 g/mol. The second kappa shape index (κ2) is 6.13. The van der Waals surface area contributed by atoms with Gasteiger partial charge in [-0.1, -0.05) is 25.5 Å². The quantitative estimate of drug-likeness (QED) is 0.867. The minimum atomic E-state index is -0.240. The third-order valence-electron chi connectivity index (χ3n) is 2.83. The number of benzene rings is 1. The topological polar surface area (TPSA) is 63.8 Å². The van der Waals surface area contributed by atoms with Gasteiger partial charge in [-0.15, -0.1) is 0 Å². The number of hydrogen-bond acceptors (Lipinski definition) is 4. The smallest absolute Gasteiger partial charge is 0.134 e. The Kier molecular flexibility index (Phi) is 4.28. The van der Waals surface area contributed by atoms with Gasteiger partial charge in [-0.25, -0.2) is 14.4 Å². The summed E-state index contributed by atoms with van der Waals surface area (Å²) < 4.78 is 13.1. The fraction of sp³-hybridized carbons (Fsp3) is 0.286. The number of nitrogens with one attached hydrogen (secondary N) is 1. The first-order valence-corrected chi connectivity index (χ1v) is 6.28. The highest BCUT2D eigenvalue weighted by Gasteiger charge is 2.08. The van der Waals surface area contributed by atoms with Crippen molar-refractivity contribution in [3.05, 3.63) is 47.5 Å². The first kappa shape index (κ1) is 13.3. The van der Waals surface area contributed by atoms with Gasteiger partial charge in [0.2, 0.25) is 0 Å². The standard InChI is InChI=1S/C14H17FN4/c1-2-4-12-13(16)18-9-19-14(12)17-8-10-5-3-6-11(15)7-10/h3,5-7,9H,2,4,8H2,1H3,(H3,16,17,18,19). The Balaban J connectivity index is 2.13. The molecule has 0 amide bonds. The summed E-state index contributed by atoms with van der Waals surface area (Å²) in [5, 5.41) is 3.18. The van der Waals surface area contributed by atoms with Crippen LogP contribution in [-0.2, 0) is 13.0 Å². The van der Waals surface area contributed by atoms with Crippen LogP contribution < -0.4 is 11.1 Å². The number of rotatable bonds is 5. The van der Waals surface area contributed by atoms with Gasteiger partial charge in [0.1, 0.15) is 23.8 Å². The average molecular weight is 260 g/mol. The van der Waals surface area contributed by atoms with Gasteiger partial charge >= 0.3 is 0 Å². The van der Waals surface area contributed by atoms with Gasteiger partial charge in [0.05, 0.1) is 0 Å². The van der Waals surface area contributed by atoms with Crippen LogP contribution in [0.2, 0.25) is 0 Å². The molecule has 0 radical (unpaired) electrons. The van der Waals surface area contributed by atoms with Crippen LogP contribution in [-0.4, -0.2) is 9.97 Å². The number of nitrogen functional groups attached to an aromatic ring is 1. The molecule has 0 unspecified atom stereocenters. The lowest BCUT2D eigenvalue weighted by molar-refractivity contribution is 0.626. The maximum atomic E-state index is 13.1. The van der Waals surface area contributed by atoms with Crippen molar-refractivity contribution in [1.29, 1.82) is 0 Å². The molecule has 19 heavy (non-hydrogen) atoms. The van der Waals surface area contributed by atoms with Gasteiger partial charge in [0.15, 0.2) is 0 Å². The summed E-state index contributed by atoms with van der Waals surface area (Å²) in [4.78, 5) is 8.19. The zero-order valence-corrected chi connectivity index (χ0v) is 10.9. The van der Waals surface area contributed by atoms with Crippen LogP contribution in [0.3, 0.4) is 0 Å². The summed E-state index contributed by atoms with van der Waals surface area (Å²) in [6, 6.07) is 6.47. The Bertz CT molecular complexity index is 557. The second-order valence-corrected chi connectivity index (χ2v) is 4.32. The Morgan fingerprint density at radius 3 is 2.89 bits per heavy atom. The monoisotopic (exact) mass is 260 g/mol. The molecule has 2 aromatic rings. The zero-order valence-electron chi connectivity index (χ0n) is 10.9. The van der Waals surface area contributed by atoms with E-state index in [4.69, 9.17) is 5.73 Å². The van der Waals surface area contributed by atoms with Crippen LogP contribution in [0.5, 0.6) is 0 Å². The van der Waals surface area contributed by atoms with Gasteiger partial charge in [-0.3, -0.25) is 0 Å². The molecule has 5 heteroatoms. The van der Waals surface area contributed by atoms with Crippen molar-refractivity contribution in [2.24, 2.45) is 0 Å². The van der Waals surface area contributed by atoms with E-state index in [0.29, 0.717) is 12.4 Å². The molecule has 0 bridgehead atoms. The lowest BCUT2D eigenvalue weighted by Crippen LogP contribution is -2.08. The normalized spacial score (nSPS) is 10.4. The van der Waals surface area contributed by atoms with Crippen molar-refractivity contribution in [1.82, 2.24) is 9.97 Å². The molecule has 0 saturated heterocycles. The molecule has 100 valence electrons. The van der Waals surface area contributed by atoms with E-state index in [1.165, 1.54) is 18.5 Å². The third kappa shape index (κ3) is 3.40. The van der Waals surface area contributed by atoms with Crippen LogP contribution in [0.25, 0.3) is 0 Å². The second-order valence-electron chi connectivity index (χ2n) is 4.32. The van der Waals surface area contributed by atoms with Crippen molar-refractivity contribution in [2.75, 3.05) is 11.1 Å². The van der Waals surface area contributed by atoms with E-state index in [1.54, 1.807) is 6.07 Å². The van der Waals surface area contributed by atoms with Crippen LogP contribution in [0.1, 0.15) is 24.5 Å². The van der Waals surface area contributed by atoms with Gasteiger partial charge in [0, 0.05) is 12.1 Å². The maximum absolute atomic E-state index is 13.1. The fourth-order valence-corrected chi connectivity index (χ4v) is 1.91. The minimum Gasteiger partial charge on any atom is -0.383 e. The Morgan fingerprint density at radius 2 is 2.16 bits per heavy atom. The number of nitrogens with zero attached hydrogens (tertiary/aromatic N) is 2. The van der Waals surface area contributed by atoms with Gasteiger partial charge in [-0.05, 0) is 24.1 Å². The molecule has 4 nitrogen and oxygen atoms in total. The predicted molar refractivity (Wildman–Crippen MR) is 74.2 cm³/mol. The average Bonchev–Trinajstić information content (AvgIpc) is 2.40. The zero-order chi connectivity index (χ0) is 13.7. The number of halogens is 1. The number of hydrogen-bond donors (Lipinski definition) is 2. The Morgan fingerprint density at radius 1 is 1.32 bits per heavy atom. The van der Waals surface area contributed by atoms with E-state index in [1.807, 2.05) is 6.07 Å². The largest absolute Gasteiger partial charge is 0.383 e. The van der Waals surface area contributed by atoms with Crippen LogP contribution in [0, 0.1) is 5.82 Å². The molecule has 0 saturated carbocycles. The van der Waals surface area contributed by atoms with E-state index in [-0.39, 0.29) is 5.82 Å². The number of nitrogens with two attached hydrogens (primary N) is 1. The van der Waals surface area contributed by atoms with E-state index >= 15 is 0 Å². The highest BCUT2D eigenvalue weighted by atomic mass is 19.1. The molecule has 1 aromatic heterocycles. The molecule has 1 aromatic carbocycles. The lowest BCUT2D eigenvalue weighted by Gasteiger charge is -2.11. The summed E-state index contributed by atoms with van der Waals surface area (Å²) in [6.45, 7) is 2.58. The van der Waals surface area contributed by atoms with E-state index in [9.17, 15) is 4.39 Å². The molecular formula is C14H17FN4. The summed E-state index contributed by atoms with van der Waals surface area (Å²) in [6.07, 6.45) is 3.22. The first-order valence-electron chi connectivity index (χ1n) is 6.28. The van der Waals surface area contributed by atoms with Gasteiger partial charge in [-0.2, -0.15) is 0 Å². The summed E-state index contributed by atoms with van der Waals surface area (Å²) >= 11 is 0.